The Kier molecular flexibility index (Phi) is 9.08. The quantitative estimate of drug-likeness (QED) is 0.132. The minimum Gasteiger partial charge on any atom is -0.488 e. The van der Waals surface area contributed by atoms with Crippen molar-refractivity contribution in [3.8, 4) is 28.3 Å². The zero-order valence-electron chi connectivity index (χ0n) is 27.8. The van der Waals surface area contributed by atoms with Crippen LogP contribution in [0.15, 0.2) is 146 Å². The summed E-state index contributed by atoms with van der Waals surface area (Å²) >= 11 is 0. The summed E-state index contributed by atoms with van der Waals surface area (Å²) in [5.74, 6) is 1.46. The van der Waals surface area contributed by atoms with Crippen molar-refractivity contribution in [2.75, 3.05) is 7.11 Å². The molecular formula is C42H37N5O2. The van der Waals surface area contributed by atoms with Gasteiger partial charge in [0, 0.05) is 35.7 Å². The molecule has 0 aliphatic rings. The molecule has 0 aliphatic heterocycles. The number of pyridine rings is 1. The second-order valence-electron chi connectivity index (χ2n) is 12.0. The van der Waals surface area contributed by atoms with Gasteiger partial charge in [-0.15, -0.1) is 5.10 Å². The van der Waals surface area contributed by atoms with Gasteiger partial charge in [-0.05, 0) is 57.7 Å². The van der Waals surface area contributed by atoms with Crippen LogP contribution in [0.4, 0.5) is 0 Å². The fourth-order valence-corrected chi connectivity index (χ4v) is 6.63. The van der Waals surface area contributed by atoms with Gasteiger partial charge in [-0.2, -0.15) is 0 Å². The van der Waals surface area contributed by atoms with E-state index in [1.54, 1.807) is 7.11 Å². The number of tetrazole rings is 1. The predicted molar refractivity (Wildman–Crippen MR) is 192 cm³/mol. The molecule has 49 heavy (non-hydrogen) atoms. The molecule has 7 heteroatoms. The number of ether oxygens (including phenoxy) is 2. The first-order chi connectivity index (χ1) is 24.1. The lowest BCUT2D eigenvalue weighted by Crippen LogP contribution is -2.39. The van der Waals surface area contributed by atoms with Crippen LogP contribution >= 0.6 is 0 Å². The van der Waals surface area contributed by atoms with Gasteiger partial charge in [0.2, 0.25) is 0 Å². The summed E-state index contributed by atoms with van der Waals surface area (Å²) in [6.07, 6.45) is 0. The van der Waals surface area contributed by atoms with E-state index in [4.69, 9.17) is 19.8 Å². The van der Waals surface area contributed by atoms with Crippen LogP contribution in [0.25, 0.3) is 22.5 Å². The molecule has 0 unspecified atom stereocenters. The molecule has 0 spiro atoms. The van der Waals surface area contributed by atoms with Crippen LogP contribution in [-0.4, -0.2) is 32.3 Å². The fraction of sp³-hybridized carbons (Fsp3) is 0.143. The smallest absolute Gasteiger partial charge is 0.184 e. The predicted octanol–water partition coefficient (Wildman–Crippen LogP) is 8.58. The first-order valence-electron chi connectivity index (χ1n) is 16.3. The average molecular weight is 644 g/mol. The number of aromatic nitrogens is 5. The van der Waals surface area contributed by atoms with E-state index in [0.717, 1.165) is 61.6 Å². The third-order valence-electron chi connectivity index (χ3n) is 8.90. The highest BCUT2D eigenvalue weighted by atomic mass is 16.5. The van der Waals surface area contributed by atoms with E-state index in [9.17, 15) is 0 Å². The van der Waals surface area contributed by atoms with E-state index in [-0.39, 0.29) is 0 Å². The largest absolute Gasteiger partial charge is 0.488 e. The van der Waals surface area contributed by atoms with E-state index in [0.29, 0.717) is 19.0 Å². The third-order valence-corrected chi connectivity index (χ3v) is 8.90. The Morgan fingerprint density at radius 2 is 1.18 bits per heavy atom. The van der Waals surface area contributed by atoms with E-state index in [2.05, 4.69) is 119 Å². The number of benzene rings is 5. The lowest BCUT2D eigenvalue weighted by atomic mass is 9.77. The number of hydrogen-bond donors (Lipinski definition) is 0. The van der Waals surface area contributed by atoms with Gasteiger partial charge in [-0.25, -0.2) is 4.68 Å². The molecule has 2 aromatic heterocycles. The SMILES string of the molecule is COCc1c(OCc2ccc(-c3ccccc3-c3nnnn3C(c3ccccc3)(c3ccccc3)c3ccccc3)cc2)cc(C)nc1C. The van der Waals surface area contributed by atoms with Crippen molar-refractivity contribution in [3.63, 3.8) is 0 Å². The standard InChI is InChI=1S/C42H37N5O2/c1-30-27-40(39(29-48-3)31(2)43-30)49-28-32-23-25-33(26-24-32)37-21-13-14-22-38(37)41-44-45-46-47(41)42(34-15-7-4-8-16-34,35-17-9-5-10-18-35)36-19-11-6-12-20-36/h4-27H,28-29H2,1-3H3. The molecule has 242 valence electrons. The van der Waals surface area contributed by atoms with Crippen LogP contribution in [0.5, 0.6) is 5.75 Å². The molecule has 2 heterocycles. The average Bonchev–Trinajstić information content (AvgIpc) is 3.64. The molecule has 0 fully saturated rings. The normalized spacial score (nSPS) is 11.4. The Hall–Kier alpha value is -5.92. The molecule has 0 amide bonds. The van der Waals surface area contributed by atoms with E-state index < -0.39 is 5.54 Å². The summed E-state index contributed by atoms with van der Waals surface area (Å²) in [4.78, 5) is 4.58. The Morgan fingerprint density at radius 1 is 0.633 bits per heavy atom. The van der Waals surface area contributed by atoms with Gasteiger partial charge < -0.3 is 9.47 Å². The first-order valence-corrected chi connectivity index (χ1v) is 16.3. The van der Waals surface area contributed by atoms with Crippen LogP contribution in [0.2, 0.25) is 0 Å². The molecular weight excluding hydrogens is 606 g/mol. The summed E-state index contributed by atoms with van der Waals surface area (Å²) in [5, 5.41) is 13.8. The molecule has 0 N–H and O–H groups in total. The maximum absolute atomic E-state index is 6.30. The van der Waals surface area contributed by atoms with E-state index >= 15 is 0 Å². The summed E-state index contributed by atoms with van der Waals surface area (Å²) in [5.41, 5.74) is 9.17. The van der Waals surface area contributed by atoms with Gasteiger partial charge in [-0.1, -0.05) is 140 Å². The zero-order chi connectivity index (χ0) is 33.6. The monoisotopic (exact) mass is 643 g/mol. The highest BCUT2D eigenvalue weighted by molar-refractivity contribution is 5.81. The number of nitrogens with zero attached hydrogens (tertiary/aromatic N) is 5. The second kappa shape index (κ2) is 14.1. The molecule has 0 radical (unpaired) electrons. The highest BCUT2D eigenvalue weighted by Gasteiger charge is 2.42. The van der Waals surface area contributed by atoms with Crippen molar-refractivity contribution in [2.24, 2.45) is 0 Å². The van der Waals surface area contributed by atoms with Crippen LogP contribution in [-0.2, 0) is 23.5 Å². The Morgan fingerprint density at radius 3 is 1.76 bits per heavy atom. The number of aryl methyl sites for hydroxylation is 2. The van der Waals surface area contributed by atoms with Crippen LogP contribution < -0.4 is 4.74 Å². The van der Waals surface area contributed by atoms with Crippen molar-refractivity contribution in [2.45, 2.75) is 32.6 Å². The molecule has 0 saturated carbocycles. The van der Waals surface area contributed by atoms with Crippen molar-refractivity contribution in [3.05, 3.63) is 185 Å². The zero-order valence-corrected chi connectivity index (χ0v) is 27.8. The molecule has 5 aromatic carbocycles. The second-order valence-corrected chi connectivity index (χ2v) is 12.0. The maximum Gasteiger partial charge on any atom is 0.184 e. The van der Waals surface area contributed by atoms with Gasteiger partial charge in [0.25, 0.3) is 0 Å². The third kappa shape index (κ3) is 6.12. The van der Waals surface area contributed by atoms with Crippen molar-refractivity contribution in [1.82, 2.24) is 25.2 Å². The maximum atomic E-state index is 6.30. The van der Waals surface area contributed by atoms with Gasteiger partial charge in [-0.3, -0.25) is 4.98 Å². The molecule has 7 nitrogen and oxygen atoms in total. The number of rotatable bonds is 11. The molecule has 0 bridgehead atoms. The minimum absolute atomic E-state index is 0.424. The summed E-state index contributed by atoms with van der Waals surface area (Å²) in [6, 6.07) is 50.1. The van der Waals surface area contributed by atoms with Crippen LogP contribution in [0.1, 0.15) is 39.2 Å². The van der Waals surface area contributed by atoms with Crippen LogP contribution in [0.3, 0.4) is 0 Å². The number of methoxy groups -OCH3 is 1. The lowest BCUT2D eigenvalue weighted by molar-refractivity contribution is 0.178. The number of hydrogen-bond acceptors (Lipinski definition) is 6. The van der Waals surface area contributed by atoms with Gasteiger partial charge in [0.15, 0.2) is 5.82 Å². The minimum atomic E-state index is -0.845. The van der Waals surface area contributed by atoms with Gasteiger partial charge in [0.05, 0.1) is 6.61 Å². The van der Waals surface area contributed by atoms with Crippen molar-refractivity contribution < 1.29 is 9.47 Å². The Labute approximate surface area is 286 Å². The summed E-state index contributed by atoms with van der Waals surface area (Å²) < 4.78 is 13.7. The highest BCUT2D eigenvalue weighted by Crippen LogP contribution is 2.43. The summed E-state index contributed by atoms with van der Waals surface area (Å²) in [6.45, 7) is 4.83. The van der Waals surface area contributed by atoms with Gasteiger partial charge >= 0.3 is 0 Å². The molecule has 0 saturated heterocycles. The first kappa shape index (κ1) is 31.7. The Bertz CT molecular complexity index is 2050. The van der Waals surface area contributed by atoms with Crippen LogP contribution in [0, 0.1) is 13.8 Å². The fourth-order valence-electron chi connectivity index (χ4n) is 6.63. The topological polar surface area (TPSA) is 75.0 Å². The summed E-state index contributed by atoms with van der Waals surface area (Å²) in [7, 11) is 1.68. The van der Waals surface area contributed by atoms with E-state index in [1.807, 2.05) is 54.9 Å². The Balaban J connectivity index is 1.30. The molecule has 7 rings (SSSR count). The molecule has 0 atom stereocenters. The lowest BCUT2D eigenvalue weighted by Gasteiger charge is -2.36. The van der Waals surface area contributed by atoms with Crippen molar-refractivity contribution >= 4 is 0 Å². The molecule has 7 aromatic rings. The van der Waals surface area contributed by atoms with E-state index in [1.165, 1.54) is 0 Å². The molecule has 0 aliphatic carbocycles. The van der Waals surface area contributed by atoms with Crippen molar-refractivity contribution in [1.29, 1.82) is 0 Å². The van der Waals surface area contributed by atoms with Gasteiger partial charge in [0.1, 0.15) is 17.9 Å².